The van der Waals surface area contributed by atoms with Crippen LogP contribution >= 0.6 is 0 Å². The highest BCUT2D eigenvalue weighted by molar-refractivity contribution is 5.71. The molecule has 1 aromatic carbocycles. The molecular formula is C12H16FN5. The predicted octanol–water partition coefficient (Wildman–Crippen LogP) is 2.11. The third-order valence-electron chi connectivity index (χ3n) is 2.97. The summed E-state index contributed by atoms with van der Waals surface area (Å²) in [6, 6.07) is 4.20. The molecule has 0 saturated heterocycles. The van der Waals surface area contributed by atoms with Gasteiger partial charge in [0.1, 0.15) is 5.82 Å². The van der Waals surface area contributed by atoms with Gasteiger partial charge in [0.25, 0.3) is 0 Å². The Morgan fingerprint density at radius 2 is 2.22 bits per heavy atom. The first kappa shape index (κ1) is 12.5. The Bertz CT molecular complexity index is 537. The number of aromatic nitrogens is 4. The van der Waals surface area contributed by atoms with Crippen molar-refractivity contribution in [2.45, 2.75) is 26.8 Å². The van der Waals surface area contributed by atoms with Gasteiger partial charge in [0.05, 0.1) is 0 Å². The zero-order valence-corrected chi connectivity index (χ0v) is 10.5. The van der Waals surface area contributed by atoms with Crippen molar-refractivity contribution in [1.82, 2.24) is 20.2 Å². The maximum atomic E-state index is 13.3. The van der Waals surface area contributed by atoms with Crippen LogP contribution in [0.3, 0.4) is 0 Å². The van der Waals surface area contributed by atoms with Crippen molar-refractivity contribution >= 4 is 5.69 Å². The summed E-state index contributed by atoms with van der Waals surface area (Å²) in [5.41, 5.74) is 6.84. The molecule has 96 valence electrons. The van der Waals surface area contributed by atoms with E-state index in [1.807, 2.05) is 0 Å². The quantitative estimate of drug-likeness (QED) is 0.842. The highest BCUT2D eigenvalue weighted by Crippen LogP contribution is 2.24. The lowest BCUT2D eigenvalue weighted by atomic mass is 10.1. The fourth-order valence-corrected chi connectivity index (χ4v) is 1.67. The number of nitrogens with zero attached hydrogens (tertiary/aromatic N) is 4. The van der Waals surface area contributed by atoms with Crippen LogP contribution in [-0.2, 0) is 6.54 Å². The second kappa shape index (κ2) is 5.12. The van der Waals surface area contributed by atoms with E-state index in [1.54, 1.807) is 4.68 Å². The van der Waals surface area contributed by atoms with Crippen LogP contribution in [0.2, 0.25) is 0 Å². The van der Waals surface area contributed by atoms with Gasteiger partial charge in [-0.3, -0.25) is 0 Å². The minimum atomic E-state index is -0.350. The van der Waals surface area contributed by atoms with Crippen molar-refractivity contribution in [2.24, 2.45) is 5.92 Å². The Morgan fingerprint density at radius 3 is 2.94 bits per heavy atom. The van der Waals surface area contributed by atoms with Crippen LogP contribution in [0.15, 0.2) is 18.2 Å². The summed E-state index contributed by atoms with van der Waals surface area (Å²) in [5, 5.41) is 11.5. The van der Waals surface area contributed by atoms with E-state index >= 15 is 0 Å². The minimum absolute atomic E-state index is 0.350. The van der Waals surface area contributed by atoms with Crippen LogP contribution in [-0.4, -0.2) is 20.2 Å². The Labute approximate surface area is 105 Å². The molecule has 0 aliphatic carbocycles. The Balaban J connectivity index is 2.39. The van der Waals surface area contributed by atoms with Gasteiger partial charge in [0, 0.05) is 17.8 Å². The van der Waals surface area contributed by atoms with Crippen molar-refractivity contribution in [3.8, 4) is 11.4 Å². The Morgan fingerprint density at radius 1 is 1.44 bits per heavy atom. The molecule has 18 heavy (non-hydrogen) atoms. The third kappa shape index (κ3) is 2.47. The van der Waals surface area contributed by atoms with Gasteiger partial charge < -0.3 is 5.73 Å². The maximum Gasteiger partial charge on any atom is 0.184 e. The first-order valence-electron chi connectivity index (χ1n) is 5.93. The fourth-order valence-electron chi connectivity index (χ4n) is 1.67. The minimum Gasteiger partial charge on any atom is -0.398 e. The second-order valence-corrected chi connectivity index (χ2v) is 4.43. The van der Waals surface area contributed by atoms with Crippen molar-refractivity contribution in [3.05, 3.63) is 24.0 Å². The summed E-state index contributed by atoms with van der Waals surface area (Å²) in [4.78, 5) is 0. The summed E-state index contributed by atoms with van der Waals surface area (Å²) in [6.45, 7) is 4.90. The van der Waals surface area contributed by atoms with Crippen LogP contribution in [0, 0.1) is 11.7 Å². The average molecular weight is 249 g/mol. The smallest absolute Gasteiger partial charge is 0.184 e. The van der Waals surface area contributed by atoms with Gasteiger partial charge in [0.15, 0.2) is 5.82 Å². The number of halogens is 1. The van der Waals surface area contributed by atoms with E-state index in [1.165, 1.54) is 18.2 Å². The number of tetrazole rings is 1. The lowest BCUT2D eigenvalue weighted by Gasteiger charge is -2.10. The number of rotatable bonds is 4. The molecular weight excluding hydrogens is 233 g/mol. The first-order chi connectivity index (χ1) is 8.61. The molecule has 0 saturated carbocycles. The van der Waals surface area contributed by atoms with E-state index in [0.717, 1.165) is 6.42 Å². The van der Waals surface area contributed by atoms with Crippen LogP contribution < -0.4 is 5.73 Å². The number of hydrogen-bond donors (Lipinski definition) is 1. The number of nitrogens with two attached hydrogens (primary N) is 1. The molecule has 1 heterocycles. The second-order valence-electron chi connectivity index (χ2n) is 4.43. The highest BCUT2D eigenvalue weighted by Gasteiger charge is 2.14. The predicted molar refractivity (Wildman–Crippen MR) is 67.1 cm³/mol. The molecule has 0 fully saturated rings. The maximum absolute atomic E-state index is 13.3. The molecule has 6 heteroatoms. The highest BCUT2D eigenvalue weighted by atomic mass is 19.1. The fraction of sp³-hybridized carbons (Fsp3) is 0.417. The Kier molecular flexibility index (Phi) is 3.55. The van der Waals surface area contributed by atoms with Crippen LogP contribution in [0.5, 0.6) is 0 Å². The summed E-state index contributed by atoms with van der Waals surface area (Å²) < 4.78 is 14.9. The van der Waals surface area contributed by atoms with E-state index in [2.05, 4.69) is 29.4 Å². The average Bonchev–Trinajstić information content (AvgIpc) is 2.80. The van der Waals surface area contributed by atoms with Gasteiger partial charge in [-0.05, 0) is 34.5 Å². The number of anilines is 1. The van der Waals surface area contributed by atoms with Gasteiger partial charge in [-0.2, -0.15) is 0 Å². The molecule has 2 aromatic rings. The molecule has 0 aliphatic rings. The Hall–Kier alpha value is -1.98. The topological polar surface area (TPSA) is 69.6 Å². The number of nitrogen functional groups attached to an aromatic ring is 1. The lowest BCUT2D eigenvalue weighted by molar-refractivity contribution is 0.434. The van der Waals surface area contributed by atoms with E-state index in [4.69, 9.17) is 5.73 Å². The van der Waals surface area contributed by atoms with E-state index < -0.39 is 0 Å². The molecule has 2 N–H and O–H groups in total. The van der Waals surface area contributed by atoms with Gasteiger partial charge in [-0.1, -0.05) is 20.3 Å². The summed E-state index contributed by atoms with van der Waals surface area (Å²) in [7, 11) is 0. The van der Waals surface area contributed by atoms with Crippen LogP contribution in [0.4, 0.5) is 10.1 Å². The molecule has 0 spiro atoms. The monoisotopic (exact) mass is 249 g/mol. The molecule has 0 amide bonds. The van der Waals surface area contributed by atoms with Crippen molar-refractivity contribution < 1.29 is 4.39 Å². The normalized spacial score (nSPS) is 12.6. The van der Waals surface area contributed by atoms with Crippen LogP contribution in [0.1, 0.15) is 20.3 Å². The van der Waals surface area contributed by atoms with Crippen molar-refractivity contribution in [2.75, 3.05) is 5.73 Å². The standard InChI is InChI=1S/C12H16FN5/c1-3-8(2)7-18-12(15-16-17-18)10-6-9(13)4-5-11(10)14/h4-6,8H,3,7,14H2,1-2H3. The molecule has 1 atom stereocenters. The van der Waals surface area contributed by atoms with E-state index in [0.29, 0.717) is 29.5 Å². The van der Waals surface area contributed by atoms with E-state index in [9.17, 15) is 4.39 Å². The molecule has 0 aliphatic heterocycles. The molecule has 1 aromatic heterocycles. The van der Waals surface area contributed by atoms with Crippen molar-refractivity contribution in [3.63, 3.8) is 0 Å². The molecule has 2 rings (SSSR count). The third-order valence-corrected chi connectivity index (χ3v) is 2.97. The van der Waals surface area contributed by atoms with Gasteiger partial charge >= 0.3 is 0 Å². The number of hydrogen-bond acceptors (Lipinski definition) is 4. The molecule has 5 nitrogen and oxygen atoms in total. The summed E-state index contributed by atoms with van der Waals surface area (Å²) in [5.74, 6) is 0.603. The van der Waals surface area contributed by atoms with Crippen LogP contribution in [0.25, 0.3) is 11.4 Å². The zero-order chi connectivity index (χ0) is 13.1. The number of benzene rings is 1. The summed E-state index contributed by atoms with van der Waals surface area (Å²) in [6.07, 6.45) is 1.03. The van der Waals surface area contributed by atoms with Gasteiger partial charge in [0.2, 0.25) is 0 Å². The molecule has 1 unspecified atom stereocenters. The lowest BCUT2D eigenvalue weighted by Crippen LogP contribution is -2.10. The largest absolute Gasteiger partial charge is 0.398 e. The van der Waals surface area contributed by atoms with E-state index in [-0.39, 0.29) is 5.82 Å². The zero-order valence-electron chi connectivity index (χ0n) is 10.5. The van der Waals surface area contributed by atoms with Gasteiger partial charge in [-0.25, -0.2) is 9.07 Å². The molecule has 0 radical (unpaired) electrons. The molecule has 0 bridgehead atoms. The van der Waals surface area contributed by atoms with Gasteiger partial charge in [-0.15, -0.1) is 5.10 Å². The summed E-state index contributed by atoms with van der Waals surface area (Å²) >= 11 is 0. The van der Waals surface area contributed by atoms with Crippen molar-refractivity contribution in [1.29, 1.82) is 0 Å². The first-order valence-corrected chi connectivity index (χ1v) is 5.93. The SMILES string of the molecule is CCC(C)Cn1nnnc1-c1cc(F)ccc1N.